The van der Waals surface area contributed by atoms with Crippen molar-refractivity contribution in [3.8, 4) is 0 Å². The Hall–Kier alpha value is -1.52. The van der Waals surface area contributed by atoms with E-state index in [2.05, 4.69) is 42.6 Å². The van der Waals surface area contributed by atoms with Crippen LogP contribution in [-0.2, 0) is 4.79 Å². The smallest absolute Gasteiger partial charge is 0.235 e. The van der Waals surface area contributed by atoms with Crippen molar-refractivity contribution in [3.63, 3.8) is 0 Å². The van der Waals surface area contributed by atoms with E-state index in [9.17, 15) is 4.79 Å². The molecule has 3 nitrogen and oxygen atoms in total. The summed E-state index contributed by atoms with van der Waals surface area (Å²) in [7, 11) is 0. The van der Waals surface area contributed by atoms with Gasteiger partial charge >= 0.3 is 0 Å². The summed E-state index contributed by atoms with van der Waals surface area (Å²) in [6.07, 6.45) is 0.990. The second-order valence-electron chi connectivity index (χ2n) is 4.73. The third-order valence-electron chi connectivity index (χ3n) is 3.12. The molecule has 1 atom stereocenters. The molecule has 0 saturated carbocycles. The SMILES string of the molecule is CCCNC(CSc1ccc2ccccc2c1)C(N)=O. The Morgan fingerprint density at radius 3 is 2.70 bits per heavy atom. The van der Waals surface area contributed by atoms with Crippen molar-refractivity contribution in [2.45, 2.75) is 24.3 Å². The summed E-state index contributed by atoms with van der Waals surface area (Å²) < 4.78 is 0. The van der Waals surface area contributed by atoms with E-state index in [0.717, 1.165) is 17.9 Å². The quantitative estimate of drug-likeness (QED) is 0.770. The van der Waals surface area contributed by atoms with Crippen LogP contribution in [0.5, 0.6) is 0 Å². The highest BCUT2D eigenvalue weighted by atomic mass is 32.2. The second kappa shape index (κ2) is 7.31. The van der Waals surface area contributed by atoms with Gasteiger partial charge in [-0.25, -0.2) is 0 Å². The molecule has 2 aromatic rings. The number of primary amides is 1. The van der Waals surface area contributed by atoms with Crippen molar-refractivity contribution < 1.29 is 4.79 Å². The molecule has 0 aliphatic rings. The van der Waals surface area contributed by atoms with E-state index in [1.165, 1.54) is 10.8 Å². The standard InChI is InChI=1S/C16H20N2OS/c1-2-9-18-15(16(17)19)11-20-14-8-7-12-5-3-4-6-13(12)10-14/h3-8,10,15,18H,2,9,11H2,1H3,(H2,17,19). The molecule has 0 saturated heterocycles. The summed E-state index contributed by atoms with van der Waals surface area (Å²) in [5.74, 6) is 0.375. The Balaban J connectivity index is 2.01. The third kappa shape index (κ3) is 3.99. The maximum Gasteiger partial charge on any atom is 0.235 e. The topological polar surface area (TPSA) is 55.1 Å². The highest BCUT2D eigenvalue weighted by Crippen LogP contribution is 2.24. The normalized spacial score (nSPS) is 12.4. The maximum absolute atomic E-state index is 11.4. The molecule has 20 heavy (non-hydrogen) atoms. The van der Waals surface area contributed by atoms with Crippen LogP contribution in [0.2, 0.25) is 0 Å². The fraction of sp³-hybridized carbons (Fsp3) is 0.312. The fourth-order valence-corrected chi connectivity index (χ4v) is 3.01. The van der Waals surface area contributed by atoms with Crippen molar-refractivity contribution in [3.05, 3.63) is 42.5 Å². The minimum absolute atomic E-state index is 0.272. The molecule has 1 unspecified atom stereocenters. The molecule has 0 aliphatic heterocycles. The Labute approximate surface area is 123 Å². The van der Waals surface area contributed by atoms with Crippen LogP contribution >= 0.6 is 11.8 Å². The van der Waals surface area contributed by atoms with Crippen LogP contribution < -0.4 is 11.1 Å². The molecule has 0 radical (unpaired) electrons. The minimum atomic E-state index is -0.285. The van der Waals surface area contributed by atoms with Gasteiger partial charge in [0.2, 0.25) is 5.91 Å². The first-order chi connectivity index (χ1) is 9.70. The lowest BCUT2D eigenvalue weighted by molar-refractivity contribution is -0.119. The first kappa shape index (κ1) is 14.9. The van der Waals surface area contributed by atoms with Gasteiger partial charge in [0.1, 0.15) is 0 Å². The Morgan fingerprint density at radius 1 is 1.25 bits per heavy atom. The van der Waals surface area contributed by atoms with Gasteiger partial charge in [-0.1, -0.05) is 37.3 Å². The van der Waals surface area contributed by atoms with E-state index in [1.807, 2.05) is 12.1 Å². The van der Waals surface area contributed by atoms with Crippen molar-refractivity contribution >= 4 is 28.4 Å². The summed E-state index contributed by atoms with van der Waals surface area (Å²) in [6.45, 7) is 2.88. The van der Waals surface area contributed by atoms with Gasteiger partial charge in [-0.3, -0.25) is 4.79 Å². The zero-order valence-corrected chi connectivity index (χ0v) is 12.5. The molecular formula is C16H20N2OS. The van der Waals surface area contributed by atoms with Crippen molar-refractivity contribution in [2.75, 3.05) is 12.3 Å². The zero-order valence-electron chi connectivity index (χ0n) is 11.6. The van der Waals surface area contributed by atoms with Gasteiger partial charge in [-0.2, -0.15) is 0 Å². The maximum atomic E-state index is 11.4. The molecule has 0 spiro atoms. The molecule has 0 aromatic heterocycles. The Morgan fingerprint density at radius 2 is 2.00 bits per heavy atom. The van der Waals surface area contributed by atoms with Crippen molar-refractivity contribution in [1.29, 1.82) is 0 Å². The number of benzene rings is 2. The summed E-state index contributed by atoms with van der Waals surface area (Å²) in [5, 5.41) is 5.63. The summed E-state index contributed by atoms with van der Waals surface area (Å²) in [4.78, 5) is 12.5. The predicted molar refractivity (Wildman–Crippen MR) is 85.9 cm³/mol. The number of hydrogen-bond donors (Lipinski definition) is 2. The number of carbonyl (C=O) groups excluding carboxylic acids is 1. The first-order valence-corrected chi connectivity index (χ1v) is 7.83. The molecule has 3 N–H and O–H groups in total. The van der Waals surface area contributed by atoms with Crippen LogP contribution in [0.15, 0.2) is 47.4 Å². The number of rotatable bonds is 7. The third-order valence-corrected chi connectivity index (χ3v) is 4.21. The van der Waals surface area contributed by atoms with Crippen LogP contribution in [0, 0.1) is 0 Å². The number of nitrogens with two attached hydrogens (primary N) is 1. The van der Waals surface area contributed by atoms with Gasteiger partial charge in [0.05, 0.1) is 6.04 Å². The summed E-state index contributed by atoms with van der Waals surface area (Å²) in [6, 6.07) is 14.3. The van der Waals surface area contributed by atoms with Crippen molar-refractivity contribution in [1.82, 2.24) is 5.32 Å². The van der Waals surface area contributed by atoms with Crippen LogP contribution in [0.1, 0.15) is 13.3 Å². The summed E-state index contributed by atoms with van der Waals surface area (Å²) in [5.41, 5.74) is 5.42. The van der Waals surface area contributed by atoms with Crippen LogP contribution in [0.3, 0.4) is 0 Å². The molecule has 4 heteroatoms. The molecule has 0 fully saturated rings. The highest BCUT2D eigenvalue weighted by Gasteiger charge is 2.14. The molecular weight excluding hydrogens is 268 g/mol. The van der Waals surface area contributed by atoms with E-state index >= 15 is 0 Å². The molecule has 2 aromatic carbocycles. The van der Waals surface area contributed by atoms with Gasteiger partial charge in [0.25, 0.3) is 0 Å². The minimum Gasteiger partial charge on any atom is -0.368 e. The molecule has 2 rings (SSSR count). The molecule has 0 bridgehead atoms. The average Bonchev–Trinajstić information content (AvgIpc) is 2.46. The largest absolute Gasteiger partial charge is 0.368 e. The molecule has 1 amide bonds. The van der Waals surface area contributed by atoms with Crippen LogP contribution in [-0.4, -0.2) is 24.2 Å². The number of fused-ring (bicyclic) bond motifs is 1. The number of amides is 1. The van der Waals surface area contributed by atoms with Gasteiger partial charge in [-0.05, 0) is 35.9 Å². The van der Waals surface area contributed by atoms with Gasteiger partial charge < -0.3 is 11.1 Å². The van der Waals surface area contributed by atoms with E-state index in [4.69, 9.17) is 5.73 Å². The number of carbonyl (C=O) groups is 1. The van der Waals surface area contributed by atoms with Crippen molar-refractivity contribution in [2.24, 2.45) is 5.73 Å². The monoisotopic (exact) mass is 288 g/mol. The lowest BCUT2D eigenvalue weighted by Crippen LogP contribution is -2.43. The summed E-state index contributed by atoms with van der Waals surface area (Å²) >= 11 is 1.66. The molecule has 106 valence electrons. The number of nitrogens with one attached hydrogen (secondary N) is 1. The van der Waals surface area contributed by atoms with Gasteiger partial charge in [0, 0.05) is 10.6 Å². The van der Waals surface area contributed by atoms with Crippen LogP contribution in [0.25, 0.3) is 10.8 Å². The van der Waals surface area contributed by atoms with Gasteiger partial charge in [-0.15, -0.1) is 11.8 Å². The fourth-order valence-electron chi connectivity index (χ4n) is 2.00. The predicted octanol–water partition coefficient (Wildman–Crippen LogP) is 2.79. The van der Waals surface area contributed by atoms with Crippen LogP contribution in [0.4, 0.5) is 0 Å². The second-order valence-corrected chi connectivity index (χ2v) is 5.82. The first-order valence-electron chi connectivity index (χ1n) is 6.85. The van der Waals surface area contributed by atoms with E-state index in [1.54, 1.807) is 11.8 Å². The van der Waals surface area contributed by atoms with E-state index in [0.29, 0.717) is 5.75 Å². The molecule has 0 aliphatic carbocycles. The molecule has 0 heterocycles. The lowest BCUT2D eigenvalue weighted by atomic mass is 10.1. The lowest BCUT2D eigenvalue weighted by Gasteiger charge is -2.14. The van der Waals surface area contributed by atoms with E-state index < -0.39 is 0 Å². The van der Waals surface area contributed by atoms with E-state index in [-0.39, 0.29) is 11.9 Å². The Kier molecular flexibility index (Phi) is 5.44. The average molecular weight is 288 g/mol. The zero-order chi connectivity index (χ0) is 14.4. The highest BCUT2D eigenvalue weighted by molar-refractivity contribution is 7.99. The number of thioether (sulfide) groups is 1. The Bertz CT molecular complexity index is 585. The van der Waals surface area contributed by atoms with Gasteiger partial charge in [0.15, 0.2) is 0 Å². The number of hydrogen-bond acceptors (Lipinski definition) is 3.